The quantitative estimate of drug-likeness (QED) is 0.262. The van der Waals surface area contributed by atoms with Gasteiger partial charge in [-0.15, -0.1) is 0 Å². The summed E-state index contributed by atoms with van der Waals surface area (Å²) < 4.78 is 1.89. The van der Waals surface area contributed by atoms with Crippen LogP contribution in [0.2, 0.25) is 0 Å². The molecule has 0 aromatic heterocycles. The van der Waals surface area contributed by atoms with Gasteiger partial charge in [-0.3, -0.25) is 0 Å². The van der Waals surface area contributed by atoms with E-state index in [4.69, 9.17) is 0 Å². The molecule has 3 aromatic rings. The van der Waals surface area contributed by atoms with Crippen molar-refractivity contribution in [1.29, 1.82) is 0 Å². The van der Waals surface area contributed by atoms with Crippen molar-refractivity contribution in [3.05, 3.63) is 92.8 Å². The van der Waals surface area contributed by atoms with Crippen LogP contribution in [0.5, 0.6) is 17.2 Å². The molecule has 0 saturated heterocycles. The Bertz CT molecular complexity index is 1120. The van der Waals surface area contributed by atoms with Gasteiger partial charge in [-0.2, -0.15) is 0 Å². The first-order valence-electron chi connectivity index (χ1n) is 8.79. The Hall–Kier alpha value is -2.28. The summed E-state index contributed by atoms with van der Waals surface area (Å²) in [6, 6.07) is 14.4. The monoisotopic (exact) mass is 590 g/mol. The highest BCUT2D eigenvalue weighted by Gasteiger charge is 2.28. The van der Waals surface area contributed by atoms with E-state index in [1.165, 1.54) is 6.08 Å². The number of allylic oxidation sites excluding steroid dienone is 4. The van der Waals surface area contributed by atoms with Gasteiger partial charge in [-0.1, -0.05) is 109 Å². The number of rotatable bonds is 5. The molecule has 6 heteroatoms. The molecule has 3 nitrogen and oxygen atoms in total. The molecule has 0 radical (unpaired) electrons. The fraction of sp³-hybridized carbons (Fsp3) is 0. The smallest absolute Gasteiger partial charge is 0.138 e. The van der Waals surface area contributed by atoms with Crippen molar-refractivity contribution in [3.8, 4) is 39.5 Å². The van der Waals surface area contributed by atoms with E-state index in [-0.39, 0.29) is 33.9 Å². The third-order valence-corrected chi connectivity index (χ3v) is 6.75. The standard InChI is InChI=1S/C24H17Br3O3/c1-3-13(16(25)4-2)19-22(28)20(14-9-5-7-11-17(14)26)24(30)21(23(19)29)15-10-6-8-12-18(15)27/h3-12,28-30H,1-2H2/b16-13-. The summed E-state index contributed by atoms with van der Waals surface area (Å²) in [7, 11) is 0. The molecule has 0 aliphatic rings. The molecule has 0 unspecified atom stereocenters. The van der Waals surface area contributed by atoms with Gasteiger partial charge in [-0.25, -0.2) is 0 Å². The van der Waals surface area contributed by atoms with Gasteiger partial charge < -0.3 is 15.3 Å². The van der Waals surface area contributed by atoms with E-state index in [1.54, 1.807) is 30.3 Å². The first-order valence-corrected chi connectivity index (χ1v) is 11.2. The maximum atomic E-state index is 11.2. The SMILES string of the molecule is C=C/C(Br)=C(\C=C)c1c(O)c(-c2ccccc2Br)c(O)c(-c2ccccc2Br)c1O. The van der Waals surface area contributed by atoms with Crippen LogP contribution in [0.25, 0.3) is 27.8 Å². The minimum absolute atomic E-state index is 0.131. The Morgan fingerprint density at radius 3 is 1.50 bits per heavy atom. The van der Waals surface area contributed by atoms with Crippen LogP contribution in [0.3, 0.4) is 0 Å². The maximum absolute atomic E-state index is 11.2. The van der Waals surface area contributed by atoms with Crippen LogP contribution in [-0.2, 0) is 0 Å². The van der Waals surface area contributed by atoms with Crippen molar-refractivity contribution in [3.63, 3.8) is 0 Å². The second-order valence-electron chi connectivity index (χ2n) is 6.30. The first kappa shape index (κ1) is 22.4. The molecular formula is C24H17Br3O3. The molecule has 0 saturated carbocycles. The van der Waals surface area contributed by atoms with Crippen LogP contribution in [0.1, 0.15) is 5.56 Å². The molecule has 3 N–H and O–H groups in total. The molecule has 0 spiro atoms. The third-order valence-electron chi connectivity index (χ3n) is 4.62. The highest BCUT2D eigenvalue weighted by Crippen LogP contribution is 2.56. The zero-order chi connectivity index (χ0) is 22.0. The normalized spacial score (nSPS) is 11.7. The average Bonchev–Trinajstić information content (AvgIpc) is 2.73. The summed E-state index contributed by atoms with van der Waals surface area (Å²) in [4.78, 5) is 0. The topological polar surface area (TPSA) is 60.7 Å². The van der Waals surface area contributed by atoms with Gasteiger partial charge in [0.2, 0.25) is 0 Å². The van der Waals surface area contributed by atoms with E-state index < -0.39 is 0 Å². The van der Waals surface area contributed by atoms with Crippen molar-refractivity contribution >= 4 is 53.4 Å². The molecule has 3 aromatic carbocycles. The van der Waals surface area contributed by atoms with E-state index in [2.05, 4.69) is 60.9 Å². The number of aromatic hydroxyl groups is 3. The summed E-state index contributed by atoms with van der Waals surface area (Å²) in [6.07, 6.45) is 3.05. The maximum Gasteiger partial charge on any atom is 0.138 e. The van der Waals surface area contributed by atoms with Gasteiger partial charge in [0.05, 0.1) is 16.7 Å². The lowest BCUT2D eigenvalue weighted by molar-refractivity contribution is 0.431. The molecule has 3 rings (SSSR count). The zero-order valence-corrected chi connectivity index (χ0v) is 20.4. The van der Waals surface area contributed by atoms with E-state index in [1.807, 2.05) is 24.3 Å². The van der Waals surface area contributed by atoms with Crippen molar-refractivity contribution in [2.24, 2.45) is 0 Å². The second-order valence-corrected chi connectivity index (χ2v) is 8.86. The number of benzene rings is 3. The number of phenolic OH excluding ortho intramolecular Hbond substituents is 3. The fourth-order valence-electron chi connectivity index (χ4n) is 3.23. The lowest BCUT2D eigenvalue weighted by Gasteiger charge is -2.21. The van der Waals surface area contributed by atoms with Gasteiger partial charge >= 0.3 is 0 Å². The lowest BCUT2D eigenvalue weighted by Crippen LogP contribution is -1.95. The first-order chi connectivity index (χ1) is 14.3. The molecule has 0 aliphatic heterocycles. The molecule has 0 amide bonds. The average molecular weight is 593 g/mol. The number of hydrogen-bond donors (Lipinski definition) is 3. The zero-order valence-electron chi connectivity index (χ0n) is 15.7. The van der Waals surface area contributed by atoms with Crippen LogP contribution < -0.4 is 0 Å². The van der Waals surface area contributed by atoms with Gasteiger partial charge in [-0.05, 0) is 12.1 Å². The van der Waals surface area contributed by atoms with E-state index >= 15 is 0 Å². The molecule has 0 fully saturated rings. The largest absolute Gasteiger partial charge is 0.506 e. The Balaban J connectivity index is 2.58. The summed E-state index contributed by atoms with van der Waals surface area (Å²) in [5.41, 5.74) is 2.07. The lowest BCUT2D eigenvalue weighted by atomic mass is 9.89. The summed E-state index contributed by atoms with van der Waals surface area (Å²) in [5.74, 6) is -0.798. The number of phenols is 3. The molecule has 0 aliphatic carbocycles. The van der Waals surface area contributed by atoms with E-state index in [0.29, 0.717) is 30.1 Å². The Morgan fingerprint density at radius 2 is 1.13 bits per heavy atom. The van der Waals surface area contributed by atoms with Crippen LogP contribution >= 0.6 is 47.8 Å². The summed E-state index contributed by atoms with van der Waals surface area (Å²) >= 11 is 10.4. The van der Waals surface area contributed by atoms with Crippen LogP contribution in [0.15, 0.2) is 87.3 Å². The molecule has 0 heterocycles. The number of halogens is 3. The Kier molecular flexibility index (Phi) is 6.91. The highest BCUT2D eigenvalue weighted by molar-refractivity contribution is 9.12. The van der Waals surface area contributed by atoms with Crippen molar-refractivity contribution in [2.45, 2.75) is 0 Å². The van der Waals surface area contributed by atoms with Crippen molar-refractivity contribution in [1.82, 2.24) is 0 Å². The van der Waals surface area contributed by atoms with Crippen LogP contribution in [0, 0.1) is 0 Å². The van der Waals surface area contributed by atoms with Crippen LogP contribution in [0.4, 0.5) is 0 Å². The molecule has 0 atom stereocenters. The predicted molar refractivity (Wildman–Crippen MR) is 134 cm³/mol. The highest BCUT2D eigenvalue weighted by atomic mass is 79.9. The Morgan fingerprint density at radius 1 is 0.700 bits per heavy atom. The minimum atomic E-state index is -0.276. The molecule has 30 heavy (non-hydrogen) atoms. The van der Waals surface area contributed by atoms with Crippen molar-refractivity contribution < 1.29 is 15.3 Å². The summed E-state index contributed by atoms with van der Waals surface area (Å²) in [6.45, 7) is 7.55. The molecular weight excluding hydrogens is 576 g/mol. The van der Waals surface area contributed by atoms with Gasteiger partial charge in [0.25, 0.3) is 0 Å². The van der Waals surface area contributed by atoms with Crippen LogP contribution in [-0.4, -0.2) is 15.3 Å². The van der Waals surface area contributed by atoms with Gasteiger partial charge in [0, 0.05) is 30.1 Å². The summed E-state index contributed by atoms with van der Waals surface area (Å²) in [5, 5.41) is 33.7. The van der Waals surface area contributed by atoms with E-state index in [0.717, 1.165) is 0 Å². The molecule has 0 bridgehead atoms. The second kappa shape index (κ2) is 9.25. The van der Waals surface area contributed by atoms with Gasteiger partial charge in [0.15, 0.2) is 0 Å². The predicted octanol–water partition coefficient (Wildman–Crippen LogP) is 8.14. The Labute approximate surface area is 200 Å². The third kappa shape index (κ3) is 3.87. The van der Waals surface area contributed by atoms with E-state index in [9.17, 15) is 15.3 Å². The number of hydrogen-bond acceptors (Lipinski definition) is 3. The minimum Gasteiger partial charge on any atom is -0.506 e. The molecule has 152 valence electrons. The fourth-order valence-corrected chi connectivity index (χ4v) is 4.56. The van der Waals surface area contributed by atoms with Gasteiger partial charge in [0.1, 0.15) is 17.2 Å². The van der Waals surface area contributed by atoms with Crippen molar-refractivity contribution in [2.75, 3.05) is 0 Å².